The third-order valence-electron chi connectivity index (χ3n) is 2.95. The summed E-state index contributed by atoms with van der Waals surface area (Å²) in [6, 6.07) is 10.6. The van der Waals surface area contributed by atoms with Crippen LogP contribution in [0.1, 0.15) is 0 Å². The summed E-state index contributed by atoms with van der Waals surface area (Å²) in [5, 5.41) is 2.31. The fraction of sp³-hybridized carbons (Fsp3) is 0.176. The lowest BCUT2D eigenvalue weighted by Gasteiger charge is -2.10. The van der Waals surface area contributed by atoms with Crippen LogP contribution in [0.3, 0.4) is 0 Å². The Hall–Kier alpha value is -2.39. The van der Waals surface area contributed by atoms with Crippen LogP contribution < -0.4 is 14.8 Å². The van der Waals surface area contributed by atoms with Crippen LogP contribution in [-0.2, 0) is 14.3 Å². The number of rotatable bonds is 8. The van der Waals surface area contributed by atoms with Crippen molar-refractivity contribution in [1.29, 1.82) is 0 Å². The second-order valence-electron chi connectivity index (χ2n) is 4.98. The summed E-state index contributed by atoms with van der Waals surface area (Å²) in [5.74, 6) is -1.12. The Morgan fingerprint density at radius 1 is 1.15 bits per heavy atom. The molecule has 1 N–H and O–H groups in total. The van der Waals surface area contributed by atoms with Gasteiger partial charge in [0.15, 0.2) is 13.2 Å². The molecule has 0 unspecified atom stereocenters. The number of nitrogens with one attached hydrogen (secondary N) is 1. The molecule has 0 spiro atoms. The van der Waals surface area contributed by atoms with Crippen molar-refractivity contribution < 1.29 is 32.6 Å². The van der Waals surface area contributed by atoms with E-state index in [1.807, 2.05) is 0 Å². The van der Waals surface area contributed by atoms with E-state index >= 15 is 0 Å². The lowest BCUT2D eigenvalue weighted by molar-refractivity contribution is -0.149. The summed E-state index contributed by atoms with van der Waals surface area (Å²) < 4.78 is 39.3. The largest absolute Gasteiger partial charge is 0.482 e. The highest BCUT2D eigenvalue weighted by atomic mass is 79.9. The van der Waals surface area contributed by atoms with Gasteiger partial charge in [0.05, 0.1) is 5.02 Å². The Labute approximate surface area is 166 Å². The van der Waals surface area contributed by atoms with E-state index in [0.717, 1.165) is 4.47 Å². The minimum atomic E-state index is -3.01. The van der Waals surface area contributed by atoms with Crippen molar-refractivity contribution in [3.63, 3.8) is 0 Å². The summed E-state index contributed by atoms with van der Waals surface area (Å²) in [6.45, 7) is -3.93. The Balaban J connectivity index is 1.77. The molecule has 0 atom stereocenters. The van der Waals surface area contributed by atoms with Crippen LogP contribution in [0.5, 0.6) is 11.5 Å². The van der Waals surface area contributed by atoms with Crippen LogP contribution in [-0.4, -0.2) is 31.7 Å². The predicted molar refractivity (Wildman–Crippen MR) is 97.3 cm³/mol. The van der Waals surface area contributed by atoms with Gasteiger partial charge in [0.1, 0.15) is 11.5 Å². The van der Waals surface area contributed by atoms with E-state index in [0.29, 0.717) is 5.75 Å². The molecule has 27 heavy (non-hydrogen) atoms. The SMILES string of the molecule is O=C(COC(=O)COc1cccc(Br)c1)Nc1ccc(OC(F)F)c(Cl)c1. The molecule has 6 nitrogen and oxygen atoms in total. The van der Waals surface area contributed by atoms with Crippen LogP contribution in [0.2, 0.25) is 5.02 Å². The first kappa shape index (κ1) is 20.9. The molecule has 0 saturated heterocycles. The number of benzene rings is 2. The van der Waals surface area contributed by atoms with E-state index < -0.39 is 25.1 Å². The molecule has 0 radical (unpaired) electrons. The van der Waals surface area contributed by atoms with Crippen LogP contribution in [0.25, 0.3) is 0 Å². The van der Waals surface area contributed by atoms with E-state index in [2.05, 4.69) is 26.0 Å². The maximum absolute atomic E-state index is 12.2. The normalized spacial score (nSPS) is 10.4. The lowest BCUT2D eigenvalue weighted by Crippen LogP contribution is -2.23. The summed E-state index contributed by atoms with van der Waals surface area (Å²) >= 11 is 9.05. The van der Waals surface area contributed by atoms with Crippen molar-refractivity contribution in [3.8, 4) is 11.5 Å². The van der Waals surface area contributed by atoms with Gasteiger partial charge in [0.2, 0.25) is 0 Å². The molecule has 0 fully saturated rings. The number of hydrogen-bond donors (Lipinski definition) is 1. The van der Waals surface area contributed by atoms with Gasteiger partial charge in [-0.15, -0.1) is 0 Å². The minimum absolute atomic E-state index is 0.104. The second-order valence-corrected chi connectivity index (χ2v) is 6.30. The molecule has 0 aliphatic heterocycles. The van der Waals surface area contributed by atoms with E-state index in [1.165, 1.54) is 18.2 Å². The van der Waals surface area contributed by atoms with Crippen LogP contribution in [0, 0.1) is 0 Å². The summed E-state index contributed by atoms with van der Waals surface area (Å²) in [6.07, 6.45) is 0. The van der Waals surface area contributed by atoms with Crippen LogP contribution in [0.15, 0.2) is 46.9 Å². The molecular weight excluding hydrogens is 452 g/mol. The number of ether oxygens (including phenoxy) is 3. The van der Waals surface area contributed by atoms with Gasteiger partial charge in [-0.05, 0) is 36.4 Å². The highest BCUT2D eigenvalue weighted by Crippen LogP contribution is 2.28. The number of carbonyl (C=O) groups excluding carboxylic acids is 2. The third-order valence-corrected chi connectivity index (χ3v) is 3.74. The minimum Gasteiger partial charge on any atom is -0.482 e. The number of amides is 1. The molecule has 2 aromatic carbocycles. The quantitative estimate of drug-likeness (QED) is 0.591. The zero-order valence-electron chi connectivity index (χ0n) is 13.6. The molecule has 0 aliphatic rings. The van der Waals surface area contributed by atoms with E-state index in [9.17, 15) is 18.4 Å². The van der Waals surface area contributed by atoms with Gasteiger partial charge < -0.3 is 19.5 Å². The molecule has 10 heteroatoms. The number of carbonyl (C=O) groups is 2. The topological polar surface area (TPSA) is 73.9 Å². The van der Waals surface area contributed by atoms with Crippen molar-refractivity contribution in [1.82, 2.24) is 0 Å². The van der Waals surface area contributed by atoms with Gasteiger partial charge >= 0.3 is 12.6 Å². The van der Waals surface area contributed by atoms with Gasteiger partial charge in [-0.2, -0.15) is 8.78 Å². The molecule has 0 bridgehead atoms. The Kier molecular flexibility index (Phi) is 7.81. The molecule has 0 heterocycles. The Morgan fingerprint density at radius 3 is 2.59 bits per heavy atom. The van der Waals surface area contributed by atoms with Crippen LogP contribution in [0.4, 0.5) is 14.5 Å². The summed E-state index contributed by atoms with van der Waals surface area (Å²) in [4.78, 5) is 23.4. The van der Waals surface area contributed by atoms with Crippen molar-refractivity contribution in [2.45, 2.75) is 6.61 Å². The molecule has 0 aliphatic carbocycles. The van der Waals surface area contributed by atoms with E-state index in [-0.39, 0.29) is 23.1 Å². The van der Waals surface area contributed by atoms with E-state index in [1.54, 1.807) is 24.3 Å². The fourth-order valence-electron chi connectivity index (χ4n) is 1.85. The highest BCUT2D eigenvalue weighted by Gasteiger charge is 2.12. The molecule has 2 rings (SSSR count). The molecule has 2 aromatic rings. The zero-order valence-corrected chi connectivity index (χ0v) is 15.9. The molecule has 0 saturated carbocycles. The van der Waals surface area contributed by atoms with Crippen molar-refractivity contribution in [2.75, 3.05) is 18.5 Å². The average molecular weight is 465 g/mol. The molecule has 1 amide bonds. The van der Waals surface area contributed by atoms with Crippen molar-refractivity contribution in [2.24, 2.45) is 0 Å². The molecule has 144 valence electrons. The Morgan fingerprint density at radius 2 is 1.93 bits per heavy atom. The van der Waals surface area contributed by atoms with Crippen molar-refractivity contribution in [3.05, 3.63) is 52.0 Å². The van der Waals surface area contributed by atoms with E-state index in [4.69, 9.17) is 21.1 Å². The monoisotopic (exact) mass is 463 g/mol. The number of alkyl halides is 2. The van der Waals surface area contributed by atoms with Gasteiger partial charge in [0, 0.05) is 10.2 Å². The maximum Gasteiger partial charge on any atom is 0.387 e. The first-order chi connectivity index (χ1) is 12.8. The average Bonchev–Trinajstić information content (AvgIpc) is 2.60. The number of hydrogen-bond acceptors (Lipinski definition) is 5. The third kappa shape index (κ3) is 7.40. The summed E-state index contributed by atoms with van der Waals surface area (Å²) in [7, 11) is 0. The fourth-order valence-corrected chi connectivity index (χ4v) is 2.46. The Bertz CT molecular complexity index is 822. The number of anilines is 1. The maximum atomic E-state index is 12.2. The van der Waals surface area contributed by atoms with Gasteiger partial charge in [-0.25, -0.2) is 4.79 Å². The van der Waals surface area contributed by atoms with Gasteiger partial charge in [-0.1, -0.05) is 33.6 Å². The zero-order chi connectivity index (χ0) is 19.8. The highest BCUT2D eigenvalue weighted by molar-refractivity contribution is 9.10. The number of halogens is 4. The lowest BCUT2D eigenvalue weighted by atomic mass is 10.3. The van der Waals surface area contributed by atoms with Gasteiger partial charge in [0.25, 0.3) is 5.91 Å². The van der Waals surface area contributed by atoms with Gasteiger partial charge in [-0.3, -0.25) is 4.79 Å². The molecular formula is C17H13BrClF2NO5. The first-order valence-electron chi connectivity index (χ1n) is 7.41. The predicted octanol–water partition coefficient (Wildman–Crippen LogP) is 4.26. The smallest absolute Gasteiger partial charge is 0.387 e. The van der Waals surface area contributed by atoms with Crippen molar-refractivity contribution >= 4 is 45.1 Å². The van der Waals surface area contributed by atoms with Crippen LogP contribution >= 0.6 is 27.5 Å². The molecule has 0 aromatic heterocycles. The number of esters is 1. The standard InChI is InChI=1S/C17H13BrClF2NO5/c18-10-2-1-3-12(6-10)25-9-16(24)26-8-15(23)22-11-4-5-14(13(19)7-11)27-17(20)21/h1-7,17H,8-9H2,(H,22,23). The second kappa shape index (κ2) is 10.1. The summed E-state index contributed by atoms with van der Waals surface area (Å²) in [5.41, 5.74) is 0.230. The first-order valence-corrected chi connectivity index (χ1v) is 8.59.